The Morgan fingerprint density at radius 2 is 1.82 bits per heavy atom. The molecule has 1 aliphatic rings. The number of carbonyl (C=O) groups excluding carboxylic acids is 2. The Kier molecular flexibility index (Phi) is 5.72. The Hall–Kier alpha value is -3.64. The van der Waals surface area contributed by atoms with Crippen molar-refractivity contribution < 1.29 is 19.2 Å². The summed E-state index contributed by atoms with van der Waals surface area (Å²) in [6.45, 7) is -0.0121. The maximum Gasteiger partial charge on any atom is 0.293 e. The monoisotopic (exact) mass is 395 g/mol. The average molecular weight is 395 g/mol. The van der Waals surface area contributed by atoms with Crippen LogP contribution in [-0.2, 0) is 11.3 Å². The summed E-state index contributed by atoms with van der Waals surface area (Å²) in [6, 6.07) is 14.4. The minimum Gasteiger partial charge on any atom is -0.479 e. The lowest BCUT2D eigenvalue weighted by Crippen LogP contribution is -2.27. The van der Waals surface area contributed by atoms with Crippen molar-refractivity contribution in [2.45, 2.75) is 6.54 Å². The molecule has 0 unspecified atom stereocenters. The molecule has 3 rings (SSSR count). The van der Waals surface area contributed by atoms with E-state index < -0.39 is 16.1 Å². The van der Waals surface area contributed by atoms with Crippen LogP contribution in [0.15, 0.2) is 53.4 Å². The number of benzene rings is 2. The van der Waals surface area contributed by atoms with Crippen molar-refractivity contribution in [3.8, 4) is 11.8 Å². The highest BCUT2D eigenvalue weighted by molar-refractivity contribution is 8.18. The zero-order valence-electron chi connectivity index (χ0n) is 14.4. The number of hydrogen-bond donors (Lipinski definition) is 0. The topological polar surface area (TPSA) is 114 Å². The third kappa shape index (κ3) is 4.36. The fourth-order valence-corrected chi connectivity index (χ4v) is 3.31. The second-order valence-electron chi connectivity index (χ2n) is 5.71. The smallest absolute Gasteiger partial charge is 0.293 e. The number of amides is 2. The van der Waals surface area contributed by atoms with Gasteiger partial charge in [0.2, 0.25) is 0 Å². The van der Waals surface area contributed by atoms with Crippen LogP contribution < -0.4 is 4.74 Å². The number of nitriles is 1. The van der Waals surface area contributed by atoms with Crippen LogP contribution in [0.5, 0.6) is 5.75 Å². The van der Waals surface area contributed by atoms with Gasteiger partial charge in [-0.25, -0.2) is 0 Å². The van der Waals surface area contributed by atoms with Crippen molar-refractivity contribution in [3.05, 3.63) is 74.7 Å². The summed E-state index contributed by atoms with van der Waals surface area (Å²) >= 11 is 0.838. The van der Waals surface area contributed by atoms with E-state index in [0.717, 1.165) is 16.7 Å². The summed E-state index contributed by atoms with van der Waals surface area (Å²) in [6.07, 6.45) is 1.61. The van der Waals surface area contributed by atoms with Gasteiger partial charge in [0.1, 0.15) is 11.8 Å². The lowest BCUT2D eigenvalue weighted by Gasteiger charge is -2.12. The van der Waals surface area contributed by atoms with Gasteiger partial charge >= 0.3 is 0 Å². The van der Waals surface area contributed by atoms with Crippen LogP contribution in [0.4, 0.5) is 10.5 Å². The number of nitro benzene ring substituents is 1. The first-order valence-corrected chi connectivity index (χ1v) is 8.88. The molecular formula is C19H13N3O5S. The van der Waals surface area contributed by atoms with Crippen LogP contribution in [0.3, 0.4) is 0 Å². The molecule has 1 aliphatic heterocycles. The van der Waals surface area contributed by atoms with Crippen LogP contribution in [0.25, 0.3) is 6.08 Å². The zero-order chi connectivity index (χ0) is 20.1. The molecule has 2 aromatic rings. The molecule has 8 nitrogen and oxygen atoms in total. The average Bonchev–Trinajstić information content (AvgIpc) is 2.95. The minimum absolute atomic E-state index is 0.0426. The highest BCUT2D eigenvalue weighted by Gasteiger charge is 2.35. The molecule has 0 saturated carbocycles. The van der Waals surface area contributed by atoms with Gasteiger partial charge in [-0.2, -0.15) is 5.26 Å². The van der Waals surface area contributed by atoms with E-state index in [2.05, 4.69) is 0 Å². The van der Waals surface area contributed by atoms with Gasteiger partial charge in [-0.15, -0.1) is 0 Å². The third-order valence-corrected chi connectivity index (χ3v) is 4.75. The lowest BCUT2D eigenvalue weighted by atomic mass is 10.2. The fraction of sp³-hybridized carbons (Fsp3) is 0.105. The summed E-state index contributed by atoms with van der Waals surface area (Å²) in [5, 5.41) is 18.8. The molecule has 0 radical (unpaired) electrons. The molecular weight excluding hydrogens is 382 g/mol. The first-order chi connectivity index (χ1) is 13.5. The molecule has 0 N–H and O–H groups in total. The fourth-order valence-electron chi connectivity index (χ4n) is 2.47. The Balaban J connectivity index is 1.71. The molecule has 0 aromatic heterocycles. The second kappa shape index (κ2) is 8.37. The maximum atomic E-state index is 12.6. The van der Waals surface area contributed by atoms with E-state index in [9.17, 15) is 19.7 Å². The predicted molar refractivity (Wildman–Crippen MR) is 102 cm³/mol. The lowest BCUT2D eigenvalue weighted by molar-refractivity contribution is -0.384. The third-order valence-electron chi connectivity index (χ3n) is 3.84. The van der Waals surface area contributed by atoms with Crippen molar-refractivity contribution in [3.63, 3.8) is 0 Å². The Labute approximate surface area is 164 Å². The molecule has 140 valence electrons. The summed E-state index contributed by atoms with van der Waals surface area (Å²) in [4.78, 5) is 36.3. The molecule has 0 bridgehead atoms. The minimum atomic E-state index is -0.511. The van der Waals surface area contributed by atoms with Gasteiger partial charge in [0, 0.05) is 12.1 Å². The SMILES string of the molecule is N#CCOc1ccc(/C=C2\SC(=O)N(Cc3ccc([N+](=O)[O-])cc3)C2=O)cc1. The van der Waals surface area contributed by atoms with Gasteiger partial charge < -0.3 is 4.74 Å². The van der Waals surface area contributed by atoms with Gasteiger partial charge in [0.05, 0.1) is 16.4 Å². The Bertz CT molecular complexity index is 994. The number of nitrogens with zero attached hydrogens (tertiary/aromatic N) is 3. The first kappa shape index (κ1) is 19.1. The number of thioether (sulfide) groups is 1. The van der Waals surface area contributed by atoms with E-state index >= 15 is 0 Å². The zero-order valence-corrected chi connectivity index (χ0v) is 15.2. The van der Waals surface area contributed by atoms with E-state index in [1.807, 2.05) is 6.07 Å². The van der Waals surface area contributed by atoms with Crippen LogP contribution >= 0.6 is 11.8 Å². The van der Waals surface area contributed by atoms with Gasteiger partial charge in [-0.3, -0.25) is 24.6 Å². The van der Waals surface area contributed by atoms with Crippen molar-refractivity contribution >= 4 is 34.7 Å². The molecule has 2 aromatic carbocycles. The van der Waals surface area contributed by atoms with Crippen molar-refractivity contribution in [2.75, 3.05) is 6.61 Å². The molecule has 1 fully saturated rings. The molecule has 9 heteroatoms. The van der Waals surface area contributed by atoms with E-state index in [0.29, 0.717) is 16.9 Å². The van der Waals surface area contributed by atoms with Gasteiger partial charge in [-0.05, 0) is 41.1 Å². The van der Waals surface area contributed by atoms with Crippen LogP contribution in [0.1, 0.15) is 11.1 Å². The summed E-state index contributed by atoms with van der Waals surface area (Å²) in [7, 11) is 0. The summed E-state index contributed by atoms with van der Waals surface area (Å²) in [5.41, 5.74) is 1.28. The van der Waals surface area contributed by atoms with Gasteiger partial charge in [0.25, 0.3) is 16.8 Å². The number of carbonyl (C=O) groups is 2. The number of rotatable bonds is 6. The highest BCUT2D eigenvalue weighted by atomic mass is 32.2. The molecule has 1 saturated heterocycles. The van der Waals surface area contributed by atoms with Crippen molar-refractivity contribution in [1.82, 2.24) is 4.90 Å². The highest BCUT2D eigenvalue weighted by Crippen LogP contribution is 2.33. The number of non-ortho nitro benzene ring substituents is 1. The number of ether oxygens (including phenoxy) is 1. The molecule has 0 spiro atoms. The molecule has 28 heavy (non-hydrogen) atoms. The normalized spacial score (nSPS) is 15.0. The quantitative estimate of drug-likeness (QED) is 0.416. The predicted octanol–water partition coefficient (Wildman–Crippen LogP) is 3.73. The number of hydrogen-bond acceptors (Lipinski definition) is 7. The molecule has 2 amide bonds. The number of imide groups is 1. The van der Waals surface area contributed by atoms with Gasteiger partial charge in [-0.1, -0.05) is 24.3 Å². The van der Waals surface area contributed by atoms with Crippen molar-refractivity contribution in [1.29, 1.82) is 5.26 Å². The largest absolute Gasteiger partial charge is 0.479 e. The maximum absolute atomic E-state index is 12.6. The van der Waals surface area contributed by atoms with Gasteiger partial charge in [0.15, 0.2) is 6.61 Å². The molecule has 0 aliphatic carbocycles. The van der Waals surface area contributed by atoms with Crippen LogP contribution in [0.2, 0.25) is 0 Å². The molecule has 1 heterocycles. The first-order valence-electron chi connectivity index (χ1n) is 8.06. The van der Waals surface area contributed by atoms with E-state index in [-0.39, 0.29) is 23.7 Å². The standard InChI is InChI=1S/C19H13N3O5S/c20-9-10-27-16-7-3-13(4-8-16)11-17-18(23)21(19(24)28-17)12-14-1-5-15(6-2-14)22(25)26/h1-8,11H,10,12H2/b17-11-. The number of nitro groups is 1. The Morgan fingerprint density at radius 1 is 1.14 bits per heavy atom. The second-order valence-corrected chi connectivity index (χ2v) is 6.70. The van der Waals surface area contributed by atoms with Crippen LogP contribution in [0, 0.1) is 21.4 Å². The summed E-state index contributed by atoms with van der Waals surface area (Å²) < 4.78 is 5.17. The molecule has 0 atom stereocenters. The summed E-state index contributed by atoms with van der Waals surface area (Å²) in [5.74, 6) is 0.114. The van der Waals surface area contributed by atoms with E-state index in [1.54, 1.807) is 30.3 Å². The van der Waals surface area contributed by atoms with Crippen molar-refractivity contribution in [2.24, 2.45) is 0 Å². The van der Waals surface area contributed by atoms with Crippen LogP contribution in [-0.4, -0.2) is 27.6 Å². The van der Waals surface area contributed by atoms with E-state index in [4.69, 9.17) is 10.00 Å². The Morgan fingerprint density at radius 3 is 2.43 bits per heavy atom. The van der Waals surface area contributed by atoms with E-state index in [1.165, 1.54) is 24.3 Å².